The molecule has 1 aliphatic rings. The van der Waals surface area contributed by atoms with Crippen molar-refractivity contribution in [3.05, 3.63) is 59.7 Å². The van der Waals surface area contributed by atoms with Gasteiger partial charge in [0.25, 0.3) is 0 Å². The second-order valence-corrected chi connectivity index (χ2v) is 8.03. The minimum absolute atomic E-state index is 0.0691. The predicted octanol–water partition coefficient (Wildman–Crippen LogP) is 3.44. The molecule has 0 aromatic heterocycles. The van der Waals surface area contributed by atoms with Gasteiger partial charge in [-0.2, -0.15) is 13.2 Å². The molecular weight excluding hydrogens is 449 g/mol. The van der Waals surface area contributed by atoms with E-state index in [-0.39, 0.29) is 24.7 Å². The van der Waals surface area contributed by atoms with E-state index in [2.05, 4.69) is 15.5 Å². The molecule has 7 nitrogen and oxygen atoms in total. The molecule has 0 saturated carbocycles. The molecule has 2 aromatic carbocycles. The summed E-state index contributed by atoms with van der Waals surface area (Å²) in [6, 6.07) is 12.3. The van der Waals surface area contributed by atoms with Crippen molar-refractivity contribution < 1.29 is 27.5 Å². The Hall–Kier alpha value is -2.95. The van der Waals surface area contributed by atoms with Crippen LogP contribution >= 0.6 is 0 Å². The maximum Gasteiger partial charge on any atom is 0.418 e. The number of hydrogen-bond donors (Lipinski definition) is 2. The van der Waals surface area contributed by atoms with Crippen LogP contribution in [-0.2, 0) is 27.0 Å². The van der Waals surface area contributed by atoms with Crippen molar-refractivity contribution in [3.8, 4) is 0 Å². The summed E-state index contributed by atoms with van der Waals surface area (Å²) >= 11 is 0. The number of alkyl halides is 3. The molecule has 2 N–H and O–H groups in total. The van der Waals surface area contributed by atoms with Gasteiger partial charge in [-0.3, -0.25) is 19.4 Å². The number of ether oxygens (including phenoxy) is 1. The number of benzene rings is 2. The number of morpholine rings is 1. The van der Waals surface area contributed by atoms with Crippen LogP contribution in [0.2, 0.25) is 0 Å². The van der Waals surface area contributed by atoms with Gasteiger partial charge < -0.3 is 15.4 Å². The summed E-state index contributed by atoms with van der Waals surface area (Å²) in [5.41, 5.74) is 0.542. The van der Waals surface area contributed by atoms with Crippen molar-refractivity contribution in [1.82, 2.24) is 9.80 Å². The maximum atomic E-state index is 13.1. The molecule has 0 radical (unpaired) electrons. The minimum atomic E-state index is -4.58. The zero-order chi connectivity index (χ0) is 24.6. The molecule has 1 heterocycles. The van der Waals surface area contributed by atoms with Crippen molar-refractivity contribution in [2.75, 3.05) is 56.6 Å². The summed E-state index contributed by atoms with van der Waals surface area (Å²) in [5, 5.41) is 5.10. The van der Waals surface area contributed by atoms with Crippen molar-refractivity contribution in [1.29, 1.82) is 0 Å². The molecule has 3 rings (SSSR count). The normalized spacial score (nSPS) is 14.7. The van der Waals surface area contributed by atoms with E-state index in [1.165, 1.54) is 18.2 Å². The molecule has 1 saturated heterocycles. The summed E-state index contributed by atoms with van der Waals surface area (Å²) in [6.45, 7) is 5.92. The van der Waals surface area contributed by atoms with E-state index in [9.17, 15) is 22.8 Å². The highest BCUT2D eigenvalue weighted by atomic mass is 19.4. The molecule has 2 aromatic rings. The Morgan fingerprint density at radius 1 is 0.971 bits per heavy atom. The Labute approximate surface area is 196 Å². The fourth-order valence-corrected chi connectivity index (χ4v) is 3.63. The van der Waals surface area contributed by atoms with Gasteiger partial charge >= 0.3 is 6.18 Å². The van der Waals surface area contributed by atoms with Crippen molar-refractivity contribution >= 4 is 23.2 Å². The molecule has 184 valence electrons. The maximum absolute atomic E-state index is 13.1. The first-order valence-corrected chi connectivity index (χ1v) is 11.1. The van der Waals surface area contributed by atoms with Crippen LogP contribution in [0.1, 0.15) is 18.1 Å². The first-order chi connectivity index (χ1) is 16.2. The third-order valence-electron chi connectivity index (χ3n) is 5.44. The van der Waals surface area contributed by atoms with Gasteiger partial charge in [0.1, 0.15) is 0 Å². The predicted molar refractivity (Wildman–Crippen MR) is 123 cm³/mol. The fourth-order valence-electron chi connectivity index (χ4n) is 3.63. The standard InChI is InChI=1S/C24H29F3N4O3/c1-2-30(17-23(33)29-21-6-4-3-5-20(21)24(25,26)27)16-22(32)28-19-9-7-18(8-10-19)15-31-11-13-34-14-12-31/h3-10H,2,11-17H2,1H3,(H,28,32)(H,29,33). The number of rotatable bonds is 9. The lowest BCUT2D eigenvalue weighted by molar-refractivity contribution is -0.137. The largest absolute Gasteiger partial charge is 0.418 e. The molecule has 0 aliphatic carbocycles. The molecule has 1 fully saturated rings. The number of amides is 2. The molecule has 1 aliphatic heterocycles. The van der Waals surface area contributed by atoms with Gasteiger partial charge in [-0.1, -0.05) is 31.2 Å². The molecule has 34 heavy (non-hydrogen) atoms. The number of para-hydroxylation sites is 1. The number of halogens is 3. The van der Waals surface area contributed by atoms with Gasteiger partial charge in [-0.15, -0.1) is 0 Å². The summed E-state index contributed by atoms with van der Waals surface area (Å²) in [6.07, 6.45) is -4.58. The van der Waals surface area contributed by atoms with Crippen LogP contribution in [0.25, 0.3) is 0 Å². The number of carbonyl (C=O) groups is 2. The van der Waals surface area contributed by atoms with E-state index in [4.69, 9.17) is 4.74 Å². The lowest BCUT2D eigenvalue weighted by atomic mass is 10.1. The van der Waals surface area contributed by atoms with Gasteiger partial charge in [-0.05, 0) is 36.4 Å². The van der Waals surface area contributed by atoms with E-state index in [0.717, 1.165) is 44.5 Å². The highest BCUT2D eigenvalue weighted by molar-refractivity contribution is 5.95. The van der Waals surface area contributed by atoms with E-state index in [1.807, 2.05) is 24.3 Å². The number of anilines is 2. The van der Waals surface area contributed by atoms with Crippen LogP contribution < -0.4 is 10.6 Å². The molecule has 0 bridgehead atoms. The summed E-state index contributed by atoms with van der Waals surface area (Å²) in [5.74, 6) is -0.940. The molecule has 10 heteroatoms. The van der Waals surface area contributed by atoms with E-state index in [1.54, 1.807) is 11.8 Å². The molecule has 0 atom stereocenters. The van der Waals surface area contributed by atoms with E-state index in [0.29, 0.717) is 12.2 Å². The third kappa shape index (κ3) is 7.82. The molecular formula is C24H29F3N4O3. The SMILES string of the molecule is CCN(CC(=O)Nc1ccc(CN2CCOCC2)cc1)CC(=O)Nc1ccccc1C(F)(F)F. The van der Waals surface area contributed by atoms with Gasteiger partial charge in [0.15, 0.2) is 0 Å². The Bertz CT molecular complexity index is 961. The van der Waals surface area contributed by atoms with Crippen molar-refractivity contribution in [2.24, 2.45) is 0 Å². The average molecular weight is 479 g/mol. The summed E-state index contributed by atoms with van der Waals surface area (Å²) in [7, 11) is 0. The monoisotopic (exact) mass is 478 g/mol. The first-order valence-electron chi connectivity index (χ1n) is 11.1. The lowest BCUT2D eigenvalue weighted by Crippen LogP contribution is -2.38. The van der Waals surface area contributed by atoms with Gasteiger partial charge in [0, 0.05) is 25.3 Å². The highest BCUT2D eigenvalue weighted by Gasteiger charge is 2.33. The molecule has 2 amide bonds. The number of nitrogens with zero attached hydrogens (tertiary/aromatic N) is 2. The zero-order valence-electron chi connectivity index (χ0n) is 19.0. The molecule has 0 spiro atoms. The van der Waals surface area contributed by atoms with Crippen LogP contribution in [-0.4, -0.2) is 67.6 Å². The highest BCUT2D eigenvalue weighted by Crippen LogP contribution is 2.34. The smallest absolute Gasteiger partial charge is 0.379 e. The van der Waals surface area contributed by atoms with Crippen LogP contribution in [0, 0.1) is 0 Å². The van der Waals surface area contributed by atoms with E-state index >= 15 is 0 Å². The Morgan fingerprint density at radius 2 is 1.59 bits per heavy atom. The molecule has 0 unspecified atom stereocenters. The third-order valence-corrected chi connectivity index (χ3v) is 5.44. The van der Waals surface area contributed by atoms with Crippen LogP contribution in [0.4, 0.5) is 24.5 Å². The second-order valence-electron chi connectivity index (χ2n) is 8.03. The fraction of sp³-hybridized carbons (Fsp3) is 0.417. The Morgan fingerprint density at radius 3 is 2.21 bits per heavy atom. The summed E-state index contributed by atoms with van der Waals surface area (Å²) in [4.78, 5) is 28.6. The van der Waals surface area contributed by atoms with Crippen molar-refractivity contribution in [3.63, 3.8) is 0 Å². The van der Waals surface area contributed by atoms with Crippen LogP contribution in [0.5, 0.6) is 0 Å². The Balaban J connectivity index is 1.49. The van der Waals surface area contributed by atoms with E-state index < -0.39 is 17.6 Å². The number of carbonyl (C=O) groups excluding carboxylic acids is 2. The second kappa shape index (κ2) is 12.0. The minimum Gasteiger partial charge on any atom is -0.379 e. The van der Waals surface area contributed by atoms with Gasteiger partial charge in [0.2, 0.25) is 11.8 Å². The quantitative estimate of drug-likeness (QED) is 0.578. The average Bonchev–Trinajstić information content (AvgIpc) is 2.80. The first kappa shape index (κ1) is 25.7. The van der Waals surface area contributed by atoms with Crippen LogP contribution in [0.15, 0.2) is 48.5 Å². The number of hydrogen-bond acceptors (Lipinski definition) is 5. The topological polar surface area (TPSA) is 73.9 Å². The van der Waals surface area contributed by atoms with Gasteiger partial charge in [-0.25, -0.2) is 0 Å². The Kier molecular flexibility index (Phi) is 9.03. The number of likely N-dealkylation sites (N-methyl/N-ethyl adjacent to an activating group) is 1. The summed E-state index contributed by atoms with van der Waals surface area (Å²) < 4.78 is 44.7. The van der Waals surface area contributed by atoms with Crippen molar-refractivity contribution in [2.45, 2.75) is 19.6 Å². The zero-order valence-corrected chi connectivity index (χ0v) is 19.0. The van der Waals surface area contributed by atoms with Gasteiger partial charge in [0.05, 0.1) is 37.6 Å². The number of nitrogens with one attached hydrogen (secondary N) is 2. The lowest BCUT2D eigenvalue weighted by Gasteiger charge is -2.26. The van der Waals surface area contributed by atoms with Crippen LogP contribution in [0.3, 0.4) is 0 Å².